The van der Waals surface area contributed by atoms with E-state index in [9.17, 15) is 0 Å². The summed E-state index contributed by atoms with van der Waals surface area (Å²) < 4.78 is 5.62. The highest BCUT2D eigenvalue weighted by Crippen LogP contribution is 2.24. The van der Waals surface area contributed by atoms with Crippen LogP contribution in [0.25, 0.3) is 0 Å². The number of halogens is 1. The van der Waals surface area contributed by atoms with Crippen LogP contribution in [0.4, 0.5) is 0 Å². The second-order valence-electron chi connectivity index (χ2n) is 3.66. The first kappa shape index (κ1) is 13.0. The summed E-state index contributed by atoms with van der Waals surface area (Å²) in [6.07, 6.45) is 1.54. The number of ether oxygens (including phenoxy) is 1. The Labute approximate surface area is 116 Å². The Morgan fingerprint density at radius 1 is 1.50 bits per heavy atom. The van der Waals surface area contributed by atoms with Crippen molar-refractivity contribution in [3.05, 3.63) is 41.9 Å². The lowest BCUT2D eigenvalue weighted by Crippen LogP contribution is -2.36. The Morgan fingerprint density at radius 3 is 3.00 bits per heavy atom. The number of azo groups is 1. The minimum absolute atomic E-state index is 0.216. The predicted octanol–water partition coefficient (Wildman–Crippen LogP) is 3.28. The zero-order chi connectivity index (χ0) is 13.0. The lowest BCUT2D eigenvalue weighted by molar-refractivity contribution is 0.220. The molecule has 1 aromatic carbocycles. The van der Waals surface area contributed by atoms with E-state index in [4.69, 9.17) is 28.6 Å². The molecule has 0 saturated heterocycles. The molecule has 0 saturated carbocycles. The minimum Gasteiger partial charge on any atom is -0.488 e. The molecule has 18 heavy (non-hydrogen) atoms. The highest BCUT2D eigenvalue weighted by Gasteiger charge is 2.25. The predicted molar refractivity (Wildman–Crippen MR) is 75.1 cm³/mol. The van der Waals surface area contributed by atoms with Crippen LogP contribution in [0.3, 0.4) is 0 Å². The van der Waals surface area contributed by atoms with Crippen molar-refractivity contribution in [2.75, 3.05) is 13.2 Å². The van der Waals surface area contributed by atoms with Crippen LogP contribution in [0.15, 0.2) is 47.1 Å². The number of para-hydroxylation sites is 1. The van der Waals surface area contributed by atoms with Crippen molar-refractivity contribution in [1.29, 1.82) is 0 Å². The molecular formula is C12H12ClN3OS. The molecule has 0 N–H and O–H groups in total. The fourth-order valence-electron chi connectivity index (χ4n) is 1.55. The van der Waals surface area contributed by atoms with E-state index >= 15 is 0 Å². The number of thiocarbonyl (C=S) groups is 1. The first-order valence-electron chi connectivity index (χ1n) is 5.42. The van der Waals surface area contributed by atoms with Crippen LogP contribution in [0, 0.1) is 0 Å². The van der Waals surface area contributed by atoms with Crippen molar-refractivity contribution < 1.29 is 4.74 Å². The number of rotatable bonds is 5. The summed E-state index contributed by atoms with van der Waals surface area (Å²) in [5.74, 6) is 0.630. The zero-order valence-electron chi connectivity index (χ0n) is 9.62. The van der Waals surface area contributed by atoms with E-state index < -0.39 is 0 Å². The van der Waals surface area contributed by atoms with Gasteiger partial charge in [-0.3, -0.25) is 0 Å². The third-order valence-corrected chi connectivity index (χ3v) is 3.06. The third kappa shape index (κ3) is 2.86. The van der Waals surface area contributed by atoms with Crippen molar-refractivity contribution >= 4 is 28.9 Å². The van der Waals surface area contributed by atoms with E-state index in [1.165, 1.54) is 0 Å². The summed E-state index contributed by atoms with van der Waals surface area (Å²) in [6, 6.07) is 7.30. The van der Waals surface area contributed by atoms with Crippen LogP contribution >= 0.6 is 23.8 Å². The van der Waals surface area contributed by atoms with Gasteiger partial charge in [-0.25, -0.2) is 0 Å². The summed E-state index contributed by atoms with van der Waals surface area (Å²) in [5.41, 5.74) is 0. The quantitative estimate of drug-likeness (QED) is 0.614. The lowest BCUT2D eigenvalue weighted by Gasteiger charge is -2.21. The van der Waals surface area contributed by atoms with Crippen LogP contribution in [0.1, 0.15) is 0 Å². The Balaban J connectivity index is 1.98. The Hall–Kier alpha value is -1.46. The molecule has 0 fully saturated rings. The van der Waals surface area contributed by atoms with Gasteiger partial charge in [-0.15, -0.1) is 11.7 Å². The molecule has 0 bridgehead atoms. The van der Waals surface area contributed by atoms with Crippen molar-refractivity contribution in [3.63, 3.8) is 0 Å². The second kappa shape index (κ2) is 5.93. The maximum atomic E-state index is 6.00. The maximum absolute atomic E-state index is 6.00. The molecule has 1 aliphatic heterocycles. The highest BCUT2D eigenvalue weighted by atomic mass is 35.5. The van der Waals surface area contributed by atoms with Gasteiger partial charge in [-0.05, 0) is 24.4 Å². The average molecular weight is 282 g/mol. The normalized spacial score (nSPS) is 18.2. The summed E-state index contributed by atoms with van der Waals surface area (Å²) in [7, 11) is 0. The van der Waals surface area contributed by atoms with Crippen LogP contribution in [0.2, 0.25) is 5.02 Å². The van der Waals surface area contributed by atoms with E-state index in [2.05, 4.69) is 16.8 Å². The molecule has 2 rings (SSSR count). The largest absolute Gasteiger partial charge is 0.488 e. The van der Waals surface area contributed by atoms with Gasteiger partial charge in [-0.1, -0.05) is 29.8 Å². The lowest BCUT2D eigenvalue weighted by atomic mass is 10.3. The summed E-state index contributed by atoms with van der Waals surface area (Å²) in [4.78, 5) is 1.85. The topological polar surface area (TPSA) is 37.2 Å². The zero-order valence-corrected chi connectivity index (χ0v) is 11.2. The highest BCUT2D eigenvalue weighted by molar-refractivity contribution is 7.80. The van der Waals surface area contributed by atoms with E-state index in [0.29, 0.717) is 29.0 Å². The van der Waals surface area contributed by atoms with Gasteiger partial charge in [0.2, 0.25) is 5.11 Å². The number of hydrogen-bond donors (Lipinski definition) is 0. The average Bonchev–Trinajstić information content (AvgIpc) is 2.71. The third-order valence-electron chi connectivity index (χ3n) is 2.43. The van der Waals surface area contributed by atoms with E-state index in [-0.39, 0.29) is 6.17 Å². The number of hydrogen-bond acceptors (Lipinski definition) is 3. The molecular weight excluding hydrogens is 270 g/mol. The molecule has 1 unspecified atom stereocenters. The minimum atomic E-state index is -0.216. The van der Waals surface area contributed by atoms with E-state index in [1.807, 2.05) is 23.1 Å². The van der Waals surface area contributed by atoms with Crippen molar-refractivity contribution in [1.82, 2.24) is 4.90 Å². The molecule has 4 nitrogen and oxygen atoms in total. The first-order chi connectivity index (χ1) is 8.72. The molecule has 0 amide bonds. The van der Waals surface area contributed by atoms with Gasteiger partial charge in [0.25, 0.3) is 0 Å². The van der Waals surface area contributed by atoms with Crippen LogP contribution in [-0.4, -0.2) is 29.3 Å². The molecule has 0 aliphatic carbocycles. The van der Waals surface area contributed by atoms with Gasteiger partial charge in [0, 0.05) is 6.54 Å². The fourth-order valence-corrected chi connectivity index (χ4v) is 1.99. The van der Waals surface area contributed by atoms with Gasteiger partial charge in [0.1, 0.15) is 12.4 Å². The van der Waals surface area contributed by atoms with Crippen molar-refractivity contribution in [3.8, 4) is 5.75 Å². The molecule has 94 valence electrons. The van der Waals surface area contributed by atoms with Crippen LogP contribution < -0.4 is 4.74 Å². The molecule has 1 aliphatic rings. The molecule has 1 heterocycles. The first-order valence-corrected chi connectivity index (χ1v) is 6.20. The smallest absolute Gasteiger partial charge is 0.218 e. The standard InChI is InChI=1S/C12H12ClN3OS/c1-2-7-16-11(14-15-12(16)18)8-17-10-6-4-3-5-9(10)13/h2-6,11H,1,7-8H2. The number of nitrogens with zero attached hydrogens (tertiary/aromatic N) is 3. The van der Waals surface area contributed by atoms with Crippen molar-refractivity contribution in [2.24, 2.45) is 10.2 Å². The van der Waals surface area contributed by atoms with E-state index in [1.54, 1.807) is 12.1 Å². The van der Waals surface area contributed by atoms with Crippen LogP contribution in [-0.2, 0) is 0 Å². The van der Waals surface area contributed by atoms with Gasteiger partial charge in [-0.2, -0.15) is 5.11 Å². The second-order valence-corrected chi connectivity index (χ2v) is 4.43. The van der Waals surface area contributed by atoms with Gasteiger partial charge in [0.05, 0.1) is 5.02 Å². The summed E-state index contributed by atoms with van der Waals surface area (Å²) in [6.45, 7) is 4.63. The van der Waals surface area contributed by atoms with Gasteiger partial charge < -0.3 is 9.64 Å². The molecule has 1 atom stereocenters. The van der Waals surface area contributed by atoms with Gasteiger partial charge in [0.15, 0.2) is 6.17 Å². The Bertz CT molecular complexity index is 492. The van der Waals surface area contributed by atoms with Gasteiger partial charge >= 0.3 is 0 Å². The Morgan fingerprint density at radius 2 is 2.28 bits per heavy atom. The molecule has 0 radical (unpaired) electrons. The molecule has 0 spiro atoms. The van der Waals surface area contributed by atoms with Crippen LogP contribution in [0.5, 0.6) is 5.75 Å². The molecule has 6 heteroatoms. The molecule has 0 aromatic heterocycles. The SMILES string of the molecule is C=CCN1C(=S)N=NC1COc1ccccc1Cl. The summed E-state index contributed by atoms with van der Waals surface area (Å²) >= 11 is 11.1. The van der Waals surface area contributed by atoms with E-state index in [0.717, 1.165) is 0 Å². The molecule has 1 aromatic rings. The maximum Gasteiger partial charge on any atom is 0.218 e. The monoisotopic (exact) mass is 281 g/mol. The Kier molecular flexibility index (Phi) is 4.28. The number of benzene rings is 1. The summed E-state index contributed by atoms with van der Waals surface area (Å²) in [5, 5.41) is 8.96. The fraction of sp³-hybridized carbons (Fsp3) is 0.250. The van der Waals surface area contributed by atoms with Crippen molar-refractivity contribution in [2.45, 2.75) is 6.17 Å².